The Balaban J connectivity index is 0.000000173. The van der Waals surface area contributed by atoms with E-state index in [9.17, 15) is 0 Å². The Morgan fingerprint density at radius 1 is 0.500 bits per heavy atom. The molecular formula is C72H70Ir2N6O2-4. The summed E-state index contributed by atoms with van der Waals surface area (Å²) in [6.45, 7) is 18.2. The summed E-state index contributed by atoms with van der Waals surface area (Å²) < 4.78 is 84.2. The summed E-state index contributed by atoms with van der Waals surface area (Å²) >= 11 is 0. The van der Waals surface area contributed by atoms with E-state index in [-0.39, 0.29) is 57.6 Å². The predicted octanol–water partition coefficient (Wildman–Crippen LogP) is 18.7. The molecule has 0 aliphatic rings. The van der Waals surface area contributed by atoms with Gasteiger partial charge in [0.05, 0.1) is 11.2 Å². The SMILES string of the molecule is [2H]C(C)(C)c1ccnc(-c2[c-]ccc3c2oc2nc(C)ccc23)c1.[2H]C([2H])([2H])c1cnc(-c2[c-]cccc2)cc1C([2H])(C)C.[2H]C([2H])(c1ccnc(-c2[c-]ccc3c2oc2nc(C)ccc23)c1)C(C)C.[2H]C([2H])(c1cnc(-c2[c-]cccc2)cc1C)C(C)C.[Ir].[Ir]. The minimum Gasteiger partial charge on any atom is -0.486 e. The zero-order chi connectivity index (χ0) is 64.4. The maximum absolute atomic E-state index is 8.35. The third-order valence-electron chi connectivity index (χ3n) is 12.9. The number of aromatic nitrogens is 6. The van der Waals surface area contributed by atoms with E-state index in [4.69, 9.17) is 21.2 Å². The molecule has 0 aliphatic heterocycles. The second kappa shape index (κ2) is 28.6. The van der Waals surface area contributed by atoms with Crippen molar-refractivity contribution in [3.05, 3.63) is 227 Å². The minimum absolute atomic E-state index is 0. The number of fused-ring (bicyclic) bond motifs is 6. The molecule has 82 heavy (non-hydrogen) atoms. The van der Waals surface area contributed by atoms with Crippen LogP contribution in [0.25, 0.3) is 89.2 Å². The number of aryl methyl sites for hydroxylation is 4. The van der Waals surface area contributed by atoms with E-state index >= 15 is 0 Å². The van der Waals surface area contributed by atoms with E-state index in [1.165, 1.54) is 6.20 Å². The molecule has 4 aromatic carbocycles. The normalized spacial score (nSPS) is 13.4. The van der Waals surface area contributed by atoms with Crippen LogP contribution in [0.5, 0.6) is 0 Å². The van der Waals surface area contributed by atoms with E-state index < -0.39 is 31.4 Å². The average Bonchev–Trinajstić information content (AvgIpc) is 1.71. The number of pyridine rings is 6. The van der Waals surface area contributed by atoms with Crippen molar-refractivity contribution in [2.24, 2.45) is 11.8 Å². The summed E-state index contributed by atoms with van der Waals surface area (Å²) in [5, 5.41) is 3.90. The van der Waals surface area contributed by atoms with Crippen molar-refractivity contribution in [3.8, 4) is 45.0 Å². The second-order valence-electron chi connectivity index (χ2n) is 20.5. The first-order valence-corrected chi connectivity index (χ1v) is 26.7. The van der Waals surface area contributed by atoms with Gasteiger partial charge in [-0.3, -0.25) is 0 Å². The number of benzene rings is 4. The Labute approximate surface area is 524 Å². The van der Waals surface area contributed by atoms with Crippen molar-refractivity contribution in [2.45, 2.75) is 108 Å². The third kappa shape index (κ3) is 15.2. The minimum atomic E-state index is -2.26. The number of hydrogen-bond acceptors (Lipinski definition) is 8. The van der Waals surface area contributed by atoms with E-state index in [1.807, 2.05) is 172 Å². The second-order valence-corrected chi connectivity index (χ2v) is 20.5. The average molecular weight is 1440 g/mol. The van der Waals surface area contributed by atoms with Gasteiger partial charge in [-0.25, -0.2) is 9.97 Å². The van der Waals surface area contributed by atoms with Crippen molar-refractivity contribution in [1.82, 2.24) is 29.9 Å². The summed E-state index contributed by atoms with van der Waals surface area (Å²) in [6, 6.07) is 54.3. The predicted molar refractivity (Wildman–Crippen MR) is 328 cm³/mol. The van der Waals surface area contributed by atoms with Gasteiger partial charge in [0.15, 0.2) is 0 Å². The molecule has 8 aromatic heterocycles. The number of hydrogen-bond donors (Lipinski definition) is 0. The Bertz CT molecular complexity index is 4470. The zero-order valence-corrected chi connectivity index (χ0v) is 52.6. The molecule has 12 rings (SSSR count). The van der Waals surface area contributed by atoms with Gasteiger partial charge < -0.3 is 28.8 Å². The molecule has 0 atom stereocenters. The van der Waals surface area contributed by atoms with Crippen molar-refractivity contribution in [3.63, 3.8) is 0 Å². The Kier molecular flexibility index (Phi) is 17.6. The monoisotopic (exact) mass is 1450 g/mol. The fourth-order valence-electron chi connectivity index (χ4n) is 8.97. The summed E-state index contributed by atoms with van der Waals surface area (Å²) in [6.07, 6.45) is 3.61. The fourth-order valence-corrected chi connectivity index (χ4v) is 8.97. The van der Waals surface area contributed by atoms with Crippen molar-refractivity contribution in [2.75, 3.05) is 0 Å². The van der Waals surface area contributed by atoms with E-state index in [0.717, 1.165) is 83.3 Å². The maximum atomic E-state index is 8.35. The Morgan fingerprint density at radius 2 is 1.04 bits per heavy atom. The van der Waals surface area contributed by atoms with Crippen LogP contribution < -0.4 is 0 Å². The molecule has 0 unspecified atom stereocenters. The number of furan rings is 2. The van der Waals surface area contributed by atoms with E-state index in [2.05, 4.69) is 54.2 Å². The van der Waals surface area contributed by atoms with Gasteiger partial charge in [0, 0.05) is 99.5 Å². The van der Waals surface area contributed by atoms with Crippen LogP contribution in [0.1, 0.15) is 124 Å². The van der Waals surface area contributed by atoms with Crippen LogP contribution in [0.2, 0.25) is 0 Å². The molecule has 0 aliphatic carbocycles. The molecule has 12 aromatic rings. The Morgan fingerprint density at radius 3 is 1.54 bits per heavy atom. The first-order valence-electron chi connectivity index (χ1n) is 31.2. The smallest absolute Gasteiger partial charge is 0.216 e. The Hall–Kier alpha value is -7.32. The molecule has 0 saturated heterocycles. The fraction of sp³-hybridized carbons (Fsp3) is 0.250. The maximum Gasteiger partial charge on any atom is 0.216 e. The standard InChI is InChI=1S/C21H19N2O.C20H17N2O.C16H18N.C15H16N.2Ir/c1-13(2)11-15-9-10-22-19(12-15)18-6-4-5-16-17-8-7-14(3)23-21(17)24-20(16)18;1-12(2)14-9-10-21-18(11-14)17-6-4-5-15-16-8-7-13(3)22-20(16)23-19(15)17;1-12(2)9-15-11-17-16(10-13(15)3)14-7-5-4-6-8-14;1-11(2)14-9-15(16-10-12(14)3)13-7-5-4-6-8-13;;/h4-5,7-10,12-13H,11H2,1-3H3;4-5,7-12H,1-3H3;4-7,10-12H,9H2,1-3H3;4-7,9-11H,1-3H3;;/q4*-1;;/i11D2;12D;9D2;3D3,11D;;. The van der Waals surface area contributed by atoms with Crippen LogP contribution in [0.3, 0.4) is 0 Å². The molecule has 10 heteroatoms. The van der Waals surface area contributed by atoms with Gasteiger partial charge >= 0.3 is 0 Å². The van der Waals surface area contributed by atoms with Crippen LogP contribution in [-0.2, 0) is 53.0 Å². The van der Waals surface area contributed by atoms with Gasteiger partial charge in [0.2, 0.25) is 11.4 Å². The molecular weight excluding hydrogens is 1370 g/mol. The molecule has 0 spiro atoms. The van der Waals surface area contributed by atoms with Gasteiger partial charge in [-0.1, -0.05) is 118 Å². The molecule has 2 radical (unpaired) electrons. The van der Waals surface area contributed by atoms with Crippen LogP contribution >= 0.6 is 0 Å². The summed E-state index contributed by atoms with van der Waals surface area (Å²) in [7, 11) is 0. The summed E-state index contributed by atoms with van der Waals surface area (Å²) in [5.74, 6) is -1.91. The molecule has 422 valence electrons. The molecule has 0 amide bonds. The van der Waals surface area contributed by atoms with Crippen LogP contribution in [0, 0.1) is 63.7 Å². The topological polar surface area (TPSA) is 104 Å². The van der Waals surface area contributed by atoms with Gasteiger partial charge in [-0.2, -0.15) is 0 Å². The summed E-state index contributed by atoms with van der Waals surface area (Å²) in [5.41, 5.74) is 14.3. The molecule has 0 saturated carbocycles. The quantitative estimate of drug-likeness (QED) is 0.125. The van der Waals surface area contributed by atoms with Crippen molar-refractivity contribution in [1.29, 1.82) is 0 Å². The van der Waals surface area contributed by atoms with Gasteiger partial charge in [-0.15, -0.1) is 108 Å². The third-order valence-corrected chi connectivity index (χ3v) is 12.9. The van der Waals surface area contributed by atoms with E-state index in [0.29, 0.717) is 45.1 Å². The zero-order valence-electron chi connectivity index (χ0n) is 56.8. The van der Waals surface area contributed by atoms with Gasteiger partial charge in [-0.05, 0) is 140 Å². The van der Waals surface area contributed by atoms with Gasteiger partial charge in [0.25, 0.3) is 0 Å². The number of nitrogens with zero attached hydrogens (tertiary/aromatic N) is 6. The van der Waals surface area contributed by atoms with Crippen LogP contribution in [0.15, 0.2) is 167 Å². The molecule has 8 nitrogen and oxygen atoms in total. The number of rotatable bonds is 10. The first-order chi connectivity index (χ1) is 41.9. The van der Waals surface area contributed by atoms with E-state index in [1.54, 1.807) is 56.7 Å². The van der Waals surface area contributed by atoms with Crippen LogP contribution in [0.4, 0.5) is 0 Å². The van der Waals surface area contributed by atoms with Gasteiger partial charge in [0.1, 0.15) is 0 Å². The molecule has 8 heterocycles. The van der Waals surface area contributed by atoms with Crippen molar-refractivity contribution >= 4 is 44.1 Å². The molecule has 0 fully saturated rings. The van der Waals surface area contributed by atoms with Crippen LogP contribution in [-0.4, -0.2) is 29.9 Å². The largest absolute Gasteiger partial charge is 0.486 e. The first kappa shape index (κ1) is 50.4. The summed E-state index contributed by atoms with van der Waals surface area (Å²) in [4.78, 5) is 26.5. The van der Waals surface area contributed by atoms with Crippen molar-refractivity contribution < 1.29 is 61.4 Å². The molecule has 0 bridgehead atoms. The molecule has 0 N–H and O–H groups in total.